The van der Waals surface area contributed by atoms with Gasteiger partial charge in [0.15, 0.2) is 11.2 Å². The first-order valence-corrected chi connectivity index (χ1v) is 11.7. The lowest BCUT2D eigenvalue weighted by Gasteiger charge is -2.26. The summed E-state index contributed by atoms with van der Waals surface area (Å²) in [7, 11) is 1.60. The van der Waals surface area contributed by atoms with Gasteiger partial charge < -0.3 is 19.1 Å². The highest BCUT2D eigenvalue weighted by molar-refractivity contribution is 7.16. The summed E-state index contributed by atoms with van der Waals surface area (Å²) in [5, 5.41) is 3.39. The molecular weight excluding hydrogens is 456 g/mol. The molecule has 0 saturated carbocycles. The lowest BCUT2D eigenvalue weighted by Crippen LogP contribution is -2.43. The van der Waals surface area contributed by atoms with Crippen molar-refractivity contribution in [1.29, 1.82) is 0 Å². The third kappa shape index (κ3) is 4.39. The first-order valence-electron chi connectivity index (χ1n) is 10.9. The molecule has 2 aromatic heterocycles. The summed E-state index contributed by atoms with van der Waals surface area (Å²) in [4.78, 5) is 37.4. The van der Waals surface area contributed by atoms with Gasteiger partial charge in [-0.05, 0) is 19.1 Å². The number of thiazole rings is 1. The van der Waals surface area contributed by atoms with Crippen LogP contribution >= 0.6 is 11.3 Å². The van der Waals surface area contributed by atoms with Crippen molar-refractivity contribution in [2.75, 3.05) is 32.2 Å². The lowest BCUT2D eigenvalue weighted by molar-refractivity contribution is -0.158. The molecular formula is C24H24N4O5S. The Morgan fingerprint density at radius 1 is 1.21 bits per heavy atom. The minimum atomic E-state index is -0.565. The summed E-state index contributed by atoms with van der Waals surface area (Å²) in [5.74, 6) is 0.275. The van der Waals surface area contributed by atoms with Crippen LogP contribution in [0.5, 0.6) is 5.75 Å². The van der Waals surface area contributed by atoms with Crippen LogP contribution in [0.25, 0.3) is 11.1 Å². The molecule has 5 rings (SSSR count). The number of carbonyl (C=O) groups is 2. The van der Waals surface area contributed by atoms with Crippen molar-refractivity contribution in [3.63, 3.8) is 0 Å². The number of hydrogen-bond donors (Lipinski definition) is 1. The van der Waals surface area contributed by atoms with E-state index in [4.69, 9.17) is 14.2 Å². The molecule has 0 radical (unpaired) electrons. The van der Waals surface area contributed by atoms with Gasteiger partial charge in [-0.2, -0.15) is 0 Å². The highest BCUT2D eigenvalue weighted by Gasteiger charge is 2.33. The summed E-state index contributed by atoms with van der Waals surface area (Å²) in [6.45, 7) is 3.92. The minimum absolute atomic E-state index is 0.0948. The van der Waals surface area contributed by atoms with Gasteiger partial charge in [-0.25, -0.2) is 4.98 Å². The van der Waals surface area contributed by atoms with Gasteiger partial charge in [-0.15, -0.1) is 0 Å². The van der Waals surface area contributed by atoms with Crippen molar-refractivity contribution >= 4 is 28.3 Å². The molecule has 0 unspecified atom stereocenters. The Balaban J connectivity index is 1.32. The van der Waals surface area contributed by atoms with Crippen LogP contribution in [0.2, 0.25) is 0 Å². The Bertz CT molecular complexity index is 1210. The van der Waals surface area contributed by atoms with Gasteiger partial charge >= 0.3 is 0 Å². The fourth-order valence-corrected chi connectivity index (χ4v) is 5.06. The number of aromatic nitrogens is 2. The molecule has 9 nitrogen and oxygen atoms in total. The van der Waals surface area contributed by atoms with Gasteiger partial charge in [0.05, 0.1) is 56.2 Å². The first kappa shape index (κ1) is 22.5. The molecule has 1 fully saturated rings. The maximum atomic E-state index is 13.2. The summed E-state index contributed by atoms with van der Waals surface area (Å²) in [6, 6.07) is 9.42. The normalized spacial score (nSPS) is 17.4. The van der Waals surface area contributed by atoms with E-state index in [1.165, 1.54) is 11.3 Å². The van der Waals surface area contributed by atoms with Gasteiger partial charge in [0, 0.05) is 23.0 Å². The number of pyridine rings is 1. The smallest absolute Gasteiger partial charge is 0.259 e. The summed E-state index contributed by atoms with van der Waals surface area (Å²) in [5.41, 5.74) is 3.56. The Kier molecular flexibility index (Phi) is 6.27. The maximum absolute atomic E-state index is 13.2. The Hall–Kier alpha value is -3.34. The van der Waals surface area contributed by atoms with Crippen LogP contribution in [0.4, 0.5) is 5.13 Å². The number of ether oxygens (including phenoxy) is 3. The Labute approximate surface area is 200 Å². The lowest BCUT2D eigenvalue weighted by atomic mass is 9.99. The zero-order valence-electron chi connectivity index (χ0n) is 18.9. The molecule has 2 aliphatic heterocycles. The number of rotatable bonds is 5. The van der Waals surface area contributed by atoms with Crippen LogP contribution in [0, 0.1) is 6.92 Å². The fraction of sp³-hybridized carbons (Fsp3) is 0.333. The quantitative estimate of drug-likeness (QED) is 0.599. The predicted octanol–water partition coefficient (Wildman–Crippen LogP) is 3.03. The molecule has 4 heterocycles. The standard InChI is InChI=1S/C24H24N4O5S/c1-14-9-16(15-5-3-4-6-19(15)31-2)17(10-25-14)22(29)27-24-26-18-11-28(12-21(18)34-24)23(30)20-13-32-7-8-33-20/h3-6,9-10,20H,7-8,11-13H2,1-2H3,(H,26,27,29)/t20-/m1/s1. The second-order valence-electron chi connectivity index (χ2n) is 8.04. The largest absolute Gasteiger partial charge is 0.496 e. The van der Waals surface area contributed by atoms with Crippen LogP contribution in [-0.2, 0) is 27.4 Å². The highest BCUT2D eigenvalue weighted by atomic mass is 32.1. The number of anilines is 1. The number of aryl methyl sites for hydroxylation is 1. The van der Waals surface area contributed by atoms with Crippen LogP contribution in [0.3, 0.4) is 0 Å². The Morgan fingerprint density at radius 2 is 2.06 bits per heavy atom. The van der Waals surface area contributed by atoms with Crippen molar-refractivity contribution in [3.8, 4) is 16.9 Å². The van der Waals surface area contributed by atoms with Crippen molar-refractivity contribution in [3.05, 3.63) is 58.4 Å². The predicted molar refractivity (Wildman–Crippen MR) is 126 cm³/mol. The van der Waals surface area contributed by atoms with E-state index in [1.54, 1.807) is 18.2 Å². The highest BCUT2D eigenvalue weighted by Crippen LogP contribution is 2.34. The second-order valence-corrected chi connectivity index (χ2v) is 9.13. The molecule has 2 amide bonds. The van der Waals surface area contributed by atoms with Crippen LogP contribution in [-0.4, -0.2) is 59.7 Å². The number of hydrogen-bond acceptors (Lipinski definition) is 8. The third-order valence-corrected chi connectivity index (χ3v) is 6.76. The molecule has 1 aromatic carbocycles. The second kappa shape index (κ2) is 9.49. The van der Waals surface area contributed by atoms with E-state index in [0.717, 1.165) is 27.4 Å². The molecule has 0 spiro atoms. The van der Waals surface area contributed by atoms with E-state index in [9.17, 15) is 9.59 Å². The van der Waals surface area contributed by atoms with E-state index in [1.807, 2.05) is 37.3 Å². The zero-order chi connectivity index (χ0) is 23.7. The van der Waals surface area contributed by atoms with Crippen molar-refractivity contribution in [2.45, 2.75) is 26.1 Å². The summed E-state index contributed by atoms with van der Waals surface area (Å²) < 4.78 is 16.4. The van der Waals surface area contributed by atoms with Crippen molar-refractivity contribution < 1.29 is 23.8 Å². The van der Waals surface area contributed by atoms with E-state index in [0.29, 0.717) is 42.7 Å². The van der Waals surface area contributed by atoms with E-state index < -0.39 is 6.10 Å². The third-order valence-electron chi connectivity index (χ3n) is 5.76. The zero-order valence-corrected chi connectivity index (χ0v) is 19.7. The number of fused-ring (bicyclic) bond motifs is 1. The number of para-hydroxylation sites is 1. The van der Waals surface area contributed by atoms with E-state index in [2.05, 4.69) is 15.3 Å². The van der Waals surface area contributed by atoms with E-state index in [-0.39, 0.29) is 18.4 Å². The first-order chi connectivity index (χ1) is 16.5. The average Bonchev–Trinajstić information content (AvgIpc) is 3.42. The number of amides is 2. The van der Waals surface area contributed by atoms with Crippen LogP contribution in [0.1, 0.15) is 26.6 Å². The van der Waals surface area contributed by atoms with Crippen molar-refractivity contribution in [2.24, 2.45) is 0 Å². The fourth-order valence-electron chi connectivity index (χ4n) is 4.08. The number of nitrogens with zero attached hydrogens (tertiary/aromatic N) is 3. The molecule has 34 heavy (non-hydrogen) atoms. The van der Waals surface area contributed by atoms with Gasteiger partial charge in [0.2, 0.25) is 0 Å². The van der Waals surface area contributed by atoms with E-state index >= 15 is 0 Å². The molecule has 3 aromatic rings. The summed E-state index contributed by atoms with van der Waals surface area (Å²) in [6.07, 6.45) is 1.00. The van der Waals surface area contributed by atoms with Crippen LogP contribution in [0.15, 0.2) is 36.5 Å². The number of carbonyl (C=O) groups excluding carboxylic acids is 2. The summed E-state index contributed by atoms with van der Waals surface area (Å²) >= 11 is 1.37. The number of methoxy groups -OCH3 is 1. The SMILES string of the molecule is COc1ccccc1-c1cc(C)ncc1C(=O)Nc1nc2c(s1)CN(C(=O)[C@H]1COCCO1)C2. The topological polar surface area (TPSA) is 103 Å². The van der Waals surface area contributed by atoms with Gasteiger partial charge in [-0.1, -0.05) is 29.5 Å². The van der Waals surface area contributed by atoms with Crippen molar-refractivity contribution in [1.82, 2.24) is 14.9 Å². The minimum Gasteiger partial charge on any atom is -0.496 e. The Morgan fingerprint density at radius 3 is 2.82 bits per heavy atom. The molecule has 176 valence electrons. The molecule has 1 atom stereocenters. The number of benzene rings is 1. The molecule has 10 heteroatoms. The van der Waals surface area contributed by atoms with Crippen LogP contribution < -0.4 is 10.1 Å². The van der Waals surface area contributed by atoms with Gasteiger partial charge in [-0.3, -0.25) is 19.9 Å². The molecule has 1 N–H and O–H groups in total. The molecule has 0 aliphatic carbocycles. The monoisotopic (exact) mass is 480 g/mol. The number of nitrogens with one attached hydrogen (secondary N) is 1. The molecule has 1 saturated heterocycles. The molecule has 2 aliphatic rings. The molecule has 0 bridgehead atoms. The average molecular weight is 481 g/mol. The maximum Gasteiger partial charge on any atom is 0.259 e. The van der Waals surface area contributed by atoms with Gasteiger partial charge in [0.1, 0.15) is 5.75 Å². The van der Waals surface area contributed by atoms with Gasteiger partial charge in [0.25, 0.3) is 11.8 Å².